The molecule has 0 aliphatic heterocycles. The number of halogens is 1. The summed E-state index contributed by atoms with van der Waals surface area (Å²) in [5.41, 5.74) is 8.09. The Hall–Kier alpha value is -1.07. The molecule has 1 saturated carbocycles. The molecule has 19 heavy (non-hydrogen) atoms. The zero-order valence-corrected chi connectivity index (χ0v) is 12.5. The molecule has 3 rings (SSSR count). The molecule has 3 N–H and O–H groups in total. The number of rotatable bonds is 2. The number of nitrogens with zero attached hydrogens (tertiary/aromatic N) is 1. The van der Waals surface area contributed by atoms with E-state index >= 15 is 0 Å². The van der Waals surface area contributed by atoms with Gasteiger partial charge in [-0.25, -0.2) is 0 Å². The van der Waals surface area contributed by atoms with Crippen LogP contribution in [0.2, 0.25) is 0 Å². The first-order valence-electron chi connectivity index (χ1n) is 6.70. The fraction of sp³-hybridized carbons (Fsp3) is 0.500. The Kier molecular flexibility index (Phi) is 3.50. The average Bonchev–Trinajstić information content (AvgIpc) is 2.78. The average molecular weight is 324 g/mol. The van der Waals surface area contributed by atoms with Crippen molar-refractivity contribution in [3.63, 3.8) is 0 Å². The second-order valence-electron chi connectivity index (χ2n) is 5.28. The van der Waals surface area contributed by atoms with Crippen LogP contribution in [0, 0.1) is 6.92 Å². The van der Waals surface area contributed by atoms with Crippen LogP contribution in [0.15, 0.2) is 16.7 Å². The summed E-state index contributed by atoms with van der Waals surface area (Å²) >= 11 is 3.47. The Bertz CT molecular complexity index is 588. The molecule has 0 unspecified atom stereocenters. The third-order valence-corrected chi connectivity index (χ3v) is 4.48. The summed E-state index contributed by atoms with van der Waals surface area (Å²) in [7, 11) is 0. The Morgan fingerprint density at radius 2 is 2.05 bits per heavy atom. The summed E-state index contributed by atoms with van der Waals surface area (Å²) in [6.45, 7) is 2.08. The monoisotopic (exact) mass is 323 g/mol. The Morgan fingerprint density at radius 3 is 2.79 bits per heavy atom. The lowest BCUT2D eigenvalue weighted by Gasteiger charge is -2.27. The van der Waals surface area contributed by atoms with Gasteiger partial charge in [0.25, 0.3) is 0 Å². The van der Waals surface area contributed by atoms with Gasteiger partial charge in [-0.05, 0) is 60.7 Å². The van der Waals surface area contributed by atoms with Gasteiger partial charge in [-0.3, -0.25) is 5.10 Å². The number of aromatic amines is 1. The number of benzene rings is 1. The van der Waals surface area contributed by atoms with Crippen molar-refractivity contribution < 1.29 is 4.74 Å². The van der Waals surface area contributed by atoms with Crippen molar-refractivity contribution in [1.82, 2.24) is 10.2 Å². The number of aromatic nitrogens is 2. The number of nitrogens with two attached hydrogens (primary N) is 1. The maximum atomic E-state index is 6.15. The minimum atomic E-state index is 0.293. The van der Waals surface area contributed by atoms with Crippen molar-refractivity contribution in [2.45, 2.75) is 44.8 Å². The molecule has 0 bridgehead atoms. The van der Waals surface area contributed by atoms with E-state index < -0.39 is 0 Å². The molecule has 0 radical (unpaired) electrons. The van der Waals surface area contributed by atoms with Gasteiger partial charge in [0.1, 0.15) is 10.4 Å². The van der Waals surface area contributed by atoms with Gasteiger partial charge in [0.15, 0.2) is 0 Å². The van der Waals surface area contributed by atoms with Crippen LogP contribution in [0.4, 0.5) is 0 Å². The highest BCUT2D eigenvalue weighted by Gasteiger charge is 2.21. The molecule has 0 saturated heterocycles. The van der Waals surface area contributed by atoms with Gasteiger partial charge in [-0.1, -0.05) is 0 Å². The van der Waals surface area contributed by atoms with Crippen LogP contribution in [0.5, 0.6) is 5.75 Å². The van der Waals surface area contributed by atoms with Gasteiger partial charge in [0.2, 0.25) is 0 Å². The van der Waals surface area contributed by atoms with Crippen molar-refractivity contribution >= 4 is 26.8 Å². The highest BCUT2D eigenvalue weighted by atomic mass is 79.9. The minimum absolute atomic E-state index is 0.293. The van der Waals surface area contributed by atoms with E-state index in [2.05, 4.69) is 33.1 Å². The molecule has 0 spiro atoms. The van der Waals surface area contributed by atoms with Crippen molar-refractivity contribution in [1.29, 1.82) is 0 Å². The predicted molar refractivity (Wildman–Crippen MR) is 79.4 cm³/mol. The van der Waals surface area contributed by atoms with Crippen LogP contribution < -0.4 is 10.5 Å². The maximum Gasteiger partial charge on any atom is 0.136 e. The standard InChI is InChI=1S/C14H18BrN3O/c1-8-12(19-10-4-2-9(16)3-5-10)7-6-11-13(8)14(15)18-17-11/h6-7,9-10H,2-5,16H2,1H3,(H,17,18)/t9-,10+. The lowest BCUT2D eigenvalue weighted by molar-refractivity contribution is 0.146. The quantitative estimate of drug-likeness (QED) is 0.891. The molecule has 1 aliphatic carbocycles. The summed E-state index contributed by atoms with van der Waals surface area (Å²) in [4.78, 5) is 0. The first-order valence-corrected chi connectivity index (χ1v) is 7.50. The highest BCUT2D eigenvalue weighted by molar-refractivity contribution is 9.10. The molecule has 1 aliphatic rings. The normalized spacial score (nSPS) is 23.7. The van der Waals surface area contributed by atoms with Crippen LogP contribution >= 0.6 is 15.9 Å². The molecule has 1 fully saturated rings. The van der Waals surface area contributed by atoms with Crippen LogP contribution in [0.3, 0.4) is 0 Å². The van der Waals surface area contributed by atoms with Crippen LogP contribution in [0.1, 0.15) is 31.2 Å². The van der Waals surface area contributed by atoms with E-state index in [4.69, 9.17) is 10.5 Å². The summed E-state index contributed by atoms with van der Waals surface area (Å²) in [6.07, 6.45) is 4.50. The molecule has 1 aromatic carbocycles. The van der Waals surface area contributed by atoms with E-state index in [0.29, 0.717) is 12.1 Å². The SMILES string of the molecule is Cc1c(O[C@H]2CC[C@@H](N)CC2)ccc2[nH]nc(Br)c12. The molecule has 102 valence electrons. The summed E-state index contributed by atoms with van der Waals surface area (Å²) in [5, 5.41) is 8.27. The van der Waals surface area contributed by atoms with Gasteiger partial charge < -0.3 is 10.5 Å². The zero-order chi connectivity index (χ0) is 13.4. The molecule has 0 amide bonds. The number of hydrogen-bond acceptors (Lipinski definition) is 3. The number of ether oxygens (including phenoxy) is 1. The number of aryl methyl sites for hydroxylation is 1. The molecular weight excluding hydrogens is 306 g/mol. The molecule has 0 atom stereocenters. The Morgan fingerprint density at radius 1 is 1.32 bits per heavy atom. The van der Waals surface area contributed by atoms with E-state index in [-0.39, 0.29) is 0 Å². The van der Waals surface area contributed by atoms with E-state index in [9.17, 15) is 0 Å². The van der Waals surface area contributed by atoms with E-state index in [0.717, 1.165) is 52.5 Å². The fourth-order valence-corrected chi connectivity index (χ4v) is 3.33. The molecule has 1 aromatic heterocycles. The molecule has 1 heterocycles. The Labute approximate surface area is 120 Å². The maximum absolute atomic E-state index is 6.15. The molecule has 2 aromatic rings. The summed E-state index contributed by atoms with van der Waals surface area (Å²) in [6, 6.07) is 4.40. The fourth-order valence-electron chi connectivity index (χ4n) is 2.73. The molecular formula is C14H18BrN3O. The van der Waals surface area contributed by atoms with E-state index in [1.165, 1.54) is 0 Å². The van der Waals surface area contributed by atoms with Gasteiger partial charge >= 0.3 is 0 Å². The van der Waals surface area contributed by atoms with E-state index in [1.807, 2.05) is 12.1 Å². The third kappa shape index (κ3) is 2.49. The van der Waals surface area contributed by atoms with Gasteiger partial charge in [0, 0.05) is 17.0 Å². The Balaban J connectivity index is 1.85. The zero-order valence-electron chi connectivity index (χ0n) is 10.9. The van der Waals surface area contributed by atoms with Crippen molar-refractivity contribution in [3.8, 4) is 5.75 Å². The predicted octanol–water partition coefficient (Wildman–Crippen LogP) is 3.28. The van der Waals surface area contributed by atoms with Crippen molar-refractivity contribution in [2.75, 3.05) is 0 Å². The lowest BCUT2D eigenvalue weighted by Crippen LogP contribution is -2.31. The number of hydrogen-bond donors (Lipinski definition) is 2. The first kappa shape index (κ1) is 12.9. The smallest absolute Gasteiger partial charge is 0.136 e. The second-order valence-corrected chi connectivity index (χ2v) is 6.03. The van der Waals surface area contributed by atoms with Crippen molar-refractivity contribution in [3.05, 3.63) is 22.3 Å². The van der Waals surface area contributed by atoms with Gasteiger partial charge in [-0.2, -0.15) is 5.10 Å². The molecule has 4 nitrogen and oxygen atoms in total. The minimum Gasteiger partial charge on any atom is -0.490 e. The van der Waals surface area contributed by atoms with Crippen molar-refractivity contribution in [2.24, 2.45) is 5.73 Å². The first-order chi connectivity index (χ1) is 9.15. The van der Waals surface area contributed by atoms with Gasteiger partial charge in [-0.15, -0.1) is 0 Å². The van der Waals surface area contributed by atoms with Gasteiger partial charge in [0.05, 0.1) is 11.6 Å². The number of fused-ring (bicyclic) bond motifs is 1. The molecule has 5 heteroatoms. The third-order valence-electron chi connectivity index (χ3n) is 3.91. The largest absolute Gasteiger partial charge is 0.490 e. The van der Waals surface area contributed by atoms with Crippen LogP contribution in [-0.4, -0.2) is 22.3 Å². The lowest BCUT2D eigenvalue weighted by atomic mass is 9.93. The summed E-state index contributed by atoms with van der Waals surface area (Å²) < 4.78 is 6.99. The number of H-pyrrole nitrogens is 1. The van der Waals surface area contributed by atoms with Crippen LogP contribution in [0.25, 0.3) is 10.9 Å². The second kappa shape index (κ2) is 5.13. The topological polar surface area (TPSA) is 63.9 Å². The highest BCUT2D eigenvalue weighted by Crippen LogP contribution is 2.33. The van der Waals surface area contributed by atoms with Crippen LogP contribution in [-0.2, 0) is 0 Å². The summed E-state index contributed by atoms with van der Waals surface area (Å²) in [5.74, 6) is 0.954. The number of nitrogens with one attached hydrogen (secondary N) is 1. The van der Waals surface area contributed by atoms with E-state index in [1.54, 1.807) is 0 Å².